The summed E-state index contributed by atoms with van der Waals surface area (Å²) in [6, 6.07) is 18.8. The molecule has 1 aliphatic rings. The van der Waals surface area contributed by atoms with Crippen LogP contribution < -0.4 is 5.32 Å². The maximum Gasteiger partial charge on any atom is 0.265 e. The molecule has 1 aliphatic heterocycles. The van der Waals surface area contributed by atoms with E-state index in [4.69, 9.17) is 4.74 Å². The van der Waals surface area contributed by atoms with Crippen molar-refractivity contribution in [2.45, 2.75) is 6.92 Å². The molecule has 0 bridgehead atoms. The van der Waals surface area contributed by atoms with Gasteiger partial charge in [-0.3, -0.25) is 9.59 Å². The number of benzene rings is 2. The van der Waals surface area contributed by atoms with Crippen LogP contribution in [0.3, 0.4) is 0 Å². The van der Waals surface area contributed by atoms with E-state index in [1.807, 2.05) is 48.0 Å². The van der Waals surface area contributed by atoms with Crippen LogP contribution in [-0.2, 0) is 4.74 Å². The number of anilines is 1. The van der Waals surface area contributed by atoms with E-state index < -0.39 is 0 Å². The lowest BCUT2D eigenvalue weighted by Crippen LogP contribution is -2.40. The van der Waals surface area contributed by atoms with Crippen molar-refractivity contribution in [3.63, 3.8) is 0 Å². The van der Waals surface area contributed by atoms with Crippen LogP contribution in [0.15, 0.2) is 60.7 Å². The van der Waals surface area contributed by atoms with Crippen molar-refractivity contribution in [1.29, 1.82) is 0 Å². The highest BCUT2D eigenvalue weighted by atomic mass is 32.1. The summed E-state index contributed by atoms with van der Waals surface area (Å²) in [5.41, 5.74) is 3.09. The number of nitrogens with one attached hydrogen (secondary N) is 1. The van der Waals surface area contributed by atoms with Crippen molar-refractivity contribution in [3.05, 3.63) is 76.8 Å². The molecule has 1 N–H and O–H groups in total. The first-order valence-corrected chi connectivity index (χ1v) is 11.2. The molecule has 0 aliphatic carbocycles. The van der Waals surface area contributed by atoms with Gasteiger partial charge in [0.1, 0.15) is 4.83 Å². The number of hydrogen-bond acceptors (Lipinski definition) is 5. The maximum absolute atomic E-state index is 12.9. The summed E-state index contributed by atoms with van der Waals surface area (Å²) >= 11 is 1.41. The quantitative estimate of drug-likeness (QED) is 0.512. The van der Waals surface area contributed by atoms with Gasteiger partial charge >= 0.3 is 0 Å². The van der Waals surface area contributed by atoms with Crippen LogP contribution in [-0.4, -0.2) is 52.8 Å². The molecule has 8 heteroatoms. The average molecular weight is 447 g/mol. The Bertz CT molecular complexity index is 1270. The van der Waals surface area contributed by atoms with Crippen LogP contribution in [0, 0.1) is 6.92 Å². The number of carbonyl (C=O) groups excluding carboxylic acids is 2. The molecular formula is C24H22N4O3S. The summed E-state index contributed by atoms with van der Waals surface area (Å²) in [4.78, 5) is 28.8. The van der Waals surface area contributed by atoms with Crippen LogP contribution in [0.2, 0.25) is 0 Å². The van der Waals surface area contributed by atoms with Gasteiger partial charge in [-0.25, -0.2) is 4.68 Å². The molecule has 0 spiro atoms. The van der Waals surface area contributed by atoms with E-state index in [0.717, 1.165) is 21.6 Å². The molecule has 1 saturated heterocycles. The summed E-state index contributed by atoms with van der Waals surface area (Å²) in [6.45, 7) is 4.28. The van der Waals surface area contributed by atoms with E-state index in [1.54, 1.807) is 29.2 Å². The molecule has 1 fully saturated rings. The molecule has 5 rings (SSSR count). The van der Waals surface area contributed by atoms with Gasteiger partial charge < -0.3 is 15.0 Å². The van der Waals surface area contributed by atoms with Gasteiger partial charge in [0.15, 0.2) is 0 Å². The smallest absolute Gasteiger partial charge is 0.265 e. The normalized spacial score (nSPS) is 14.0. The third-order valence-electron chi connectivity index (χ3n) is 5.46. The topological polar surface area (TPSA) is 76.5 Å². The second-order valence-corrected chi connectivity index (χ2v) is 8.63. The Labute approximate surface area is 189 Å². The Balaban J connectivity index is 1.33. The van der Waals surface area contributed by atoms with Crippen molar-refractivity contribution in [1.82, 2.24) is 14.7 Å². The van der Waals surface area contributed by atoms with Crippen LogP contribution in [0.5, 0.6) is 0 Å². The first kappa shape index (κ1) is 20.4. The largest absolute Gasteiger partial charge is 0.378 e. The lowest BCUT2D eigenvalue weighted by atomic mass is 10.1. The summed E-state index contributed by atoms with van der Waals surface area (Å²) in [5, 5.41) is 8.52. The number of hydrogen-bond donors (Lipinski definition) is 1. The van der Waals surface area contributed by atoms with Crippen molar-refractivity contribution >= 4 is 39.1 Å². The van der Waals surface area contributed by atoms with Gasteiger partial charge in [0.05, 0.1) is 29.5 Å². The fraction of sp³-hybridized carbons (Fsp3) is 0.208. The summed E-state index contributed by atoms with van der Waals surface area (Å²) in [7, 11) is 0. The van der Waals surface area contributed by atoms with Crippen LogP contribution >= 0.6 is 11.3 Å². The van der Waals surface area contributed by atoms with Gasteiger partial charge in [-0.2, -0.15) is 5.10 Å². The zero-order valence-corrected chi connectivity index (χ0v) is 18.4. The predicted molar refractivity (Wildman–Crippen MR) is 125 cm³/mol. The first-order chi connectivity index (χ1) is 15.6. The highest BCUT2D eigenvalue weighted by Crippen LogP contribution is 2.31. The highest BCUT2D eigenvalue weighted by molar-refractivity contribution is 7.20. The fourth-order valence-electron chi connectivity index (χ4n) is 3.74. The zero-order chi connectivity index (χ0) is 22.1. The Morgan fingerprint density at radius 1 is 1.03 bits per heavy atom. The molecule has 2 amide bonds. The summed E-state index contributed by atoms with van der Waals surface area (Å²) in [6.07, 6.45) is 0. The minimum Gasteiger partial charge on any atom is -0.378 e. The SMILES string of the molecule is Cc1nn(-c2ccccc2)c2sc(C(=O)Nc3ccc(C(=O)N4CCOCC4)cc3)cc12. The van der Waals surface area contributed by atoms with Gasteiger partial charge in [-0.1, -0.05) is 18.2 Å². The molecule has 7 nitrogen and oxygen atoms in total. The number of aryl methyl sites for hydroxylation is 1. The number of para-hydroxylation sites is 1. The molecule has 0 atom stereocenters. The second kappa shape index (κ2) is 8.57. The van der Waals surface area contributed by atoms with Gasteiger partial charge in [0.25, 0.3) is 11.8 Å². The molecule has 2 aromatic carbocycles. The number of rotatable bonds is 4. The van der Waals surface area contributed by atoms with Gasteiger partial charge in [-0.05, 0) is 49.4 Å². The number of amides is 2. The molecular weight excluding hydrogens is 424 g/mol. The van der Waals surface area contributed by atoms with Crippen LogP contribution in [0.4, 0.5) is 5.69 Å². The number of carbonyl (C=O) groups is 2. The molecule has 2 aromatic heterocycles. The van der Waals surface area contributed by atoms with Gasteiger partial charge in [-0.15, -0.1) is 11.3 Å². The molecule has 162 valence electrons. The minimum atomic E-state index is -0.183. The molecule has 0 radical (unpaired) electrons. The number of fused-ring (bicyclic) bond motifs is 1. The second-order valence-electron chi connectivity index (χ2n) is 7.60. The highest BCUT2D eigenvalue weighted by Gasteiger charge is 2.19. The van der Waals surface area contributed by atoms with E-state index >= 15 is 0 Å². The fourth-order valence-corrected chi connectivity index (χ4v) is 4.82. The molecule has 3 heterocycles. The predicted octanol–water partition coefficient (Wildman–Crippen LogP) is 4.12. The Morgan fingerprint density at radius 3 is 2.47 bits per heavy atom. The lowest BCUT2D eigenvalue weighted by Gasteiger charge is -2.26. The molecule has 4 aromatic rings. The third-order valence-corrected chi connectivity index (χ3v) is 6.57. The number of nitrogens with zero attached hydrogens (tertiary/aromatic N) is 3. The van der Waals surface area contributed by atoms with E-state index in [-0.39, 0.29) is 11.8 Å². The monoisotopic (exact) mass is 446 g/mol. The van der Waals surface area contributed by atoms with Gasteiger partial charge in [0, 0.05) is 29.7 Å². The Hall–Kier alpha value is -3.49. The van der Waals surface area contributed by atoms with Crippen LogP contribution in [0.25, 0.3) is 15.9 Å². The van der Waals surface area contributed by atoms with Crippen molar-refractivity contribution in [2.24, 2.45) is 0 Å². The van der Waals surface area contributed by atoms with Gasteiger partial charge in [0.2, 0.25) is 0 Å². The van der Waals surface area contributed by atoms with E-state index in [1.165, 1.54) is 11.3 Å². The summed E-state index contributed by atoms with van der Waals surface area (Å²) < 4.78 is 7.17. The minimum absolute atomic E-state index is 0.0170. The van der Waals surface area contributed by atoms with E-state index in [9.17, 15) is 9.59 Å². The number of thiophene rings is 1. The maximum atomic E-state index is 12.9. The van der Waals surface area contributed by atoms with Crippen LogP contribution in [0.1, 0.15) is 25.7 Å². The Kier molecular flexibility index (Phi) is 5.46. The van der Waals surface area contributed by atoms with E-state index in [2.05, 4.69) is 10.4 Å². The van der Waals surface area contributed by atoms with Crippen molar-refractivity contribution < 1.29 is 14.3 Å². The number of aromatic nitrogens is 2. The number of morpholine rings is 1. The third kappa shape index (κ3) is 3.90. The molecule has 0 unspecified atom stereocenters. The first-order valence-electron chi connectivity index (χ1n) is 10.4. The molecule has 32 heavy (non-hydrogen) atoms. The standard InChI is InChI=1S/C24H22N4O3S/c1-16-20-15-21(32-24(20)28(26-16)19-5-3-2-4-6-19)22(29)25-18-9-7-17(8-10-18)23(30)27-11-13-31-14-12-27/h2-10,15H,11-14H2,1H3,(H,25,29). The number of ether oxygens (including phenoxy) is 1. The average Bonchev–Trinajstić information content (AvgIpc) is 3.41. The van der Waals surface area contributed by atoms with Crippen molar-refractivity contribution in [3.8, 4) is 5.69 Å². The van der Waals surface area contributed by atoms with Crippen molar-refractivity contribution in [2.75, 3.05) is 31.6 Å². The Morgan fingerprint density at radius 2 is 1.75 bits per heavy atom. The summed E-state index contributed by atoms with van der Waals surface area (Å²) in [5.74, 6) is -0.200. The lowest BCUT2D eigenvalue weighted by molar-refractivity contribution is 0.0303. The zero-order valence-electron chi connectivity index (χ0n) is 17.6. The molecule has 0 saturated carbocycles. The van der Waals surface area contributed by atoms with E-state index in [0.29, 0.717) is 42.4 Å².